The predicted molar refractivity (Wildman–Crippen MR) is 61.0 cm³/mol. The Kier molecular flexibility index (Phi) is 7.17. The van der Waals surface area contributed by atoms with Crippen molar-refractivity contribution in [3.05, 3.63) is 0 Å². The molecule has 0 saturated carbocycles. The van der Waals surface area contributed by atoms with Crippen molar-refractivity contribution in [3.63, 3.8) is 0 Å². The van der Waals surface area contributed by atoms with E-state index in [2.05, 4.69) is 23.3 Å². The number of rotatable bonds is 4. The zero-order valence-corrected chi connectivity index (χ0v) is 9.57. The molecule has 0 unspecified atom stereocenters. The van der Waals surface area contributed by atoms with Gasteiger partial charge in [0, 0.05) is 17.8 Å². The molecular weight excluding hydrogens is 208 g/mol. The van der Waals surface area contributed by atoms with Crippen LogP contribution in [0.1, 0.15) is 12.8 Å². The second-order valence-electron chi connectivity index (χ2n) is 3.36. The number of nitrogens with one attached hydrogen (secondary N) is 2. The van der Waals surface area contributed by atoms with Crippen LogP contribution in [0, 0.1) is 0 Å². The van der Waals surface area contributed by atoms with Crippen LogP contribution in [0.4, 0.5) is 0 Å². The molecule has 0 aliphatic carbocycles. The topological polar surface area (TPSA) is 44.3 Å². The number of hydrogen-bond donors (Lipinski definition) is 4. The molecule has 3 atom stereocenters. The molecule has 80 valence electrons. The maximum atomic E-state index is 9.66. The van der Waals surface area contributed by atoms with Gasteiger partial charge in [0.2, 0.25) is 0 Å². The second-order valence-corrected chi connectivity index (χ2v) is 4.09. The Morgan fingerprint density at radius 1 is 1.69 bits per heavy atom. The fraction of sp³-hybridized carbons (Fsp3) is 1.00. The highest BCUT2D eigenvalue weighted by atomic mass is 35.5. The molecule has 1 aliphatic rings. The van der Waals surface area contributed by atoms with Crippen LogP contribution in [-0.2, 0) is 0 Å². The first-order valence-corrected chi connectivity index (χ1v) is 4.99. The summed E-state index contributed by atoms with van der Waals surface area (Å²) in [6.45, 7) is 1.79. The summed E-state index contributed by atoms with van der Waals surface area (Å²) in [5.74, 6) is 0. The van der Waals surface area contributed by atoms with Crippen LogP contribution < -0.4 is 10.6 Å². The third-order valence-electron chi connectivity index (χ3n) is 2.30. The number of hydrogen-bond acceptors (Lipinski definition) is 4. The number of halogens is 1. The largest absolute Gasteiger partial charge is 0.391 e. The smallest absolute Gasteiger partial charge is 0.0705 e. The maximum absolute atomic E-state index is 9.66. The second kappa shape index (κ2) is 6.90. The van der Waals surface area contributed by atoms with E-state index in [-0.39, 0.29) is 24.6 Å². The van der Waals surface area contributed by atoms with Crippen LogP contribution in [0.3, 0.4) is 0 Å². The first-order chi connectivity index (χ1) is 5.74. The Balaban J connectivity index is 0.00000144. The van der Waals surface area contributed by atoms with E-state index in [4.69, 9.17) is 0 Å². The highest BCUT2D eigenvalue weighted by Gasteiger charge is 2.26. The van der Waals surface area contributed by atoms with Gasteiger partial charge in [-0.25, -0.2) is 0 Å². The van der Waals surface area contributed by atoms with Crippen molar-refractivity contribution >= 4 is 25.0 Å². The molecule has 1 saturated heterocycles. The van der Waals surface area contributed by atoms with E-state index < -0.39 is 0 Å². The Labute approximate surface area is 91.5 Å². The molecule has 0 aromatic rings. The normalized spacial score (nSPS) is 29.8. The third kappa shape index (κ3) is 4.51. The molecule has 1 aliphatic heterocycles. The van der Waals surface area contributed by atoms with Gasteiger partial charge in [-0.3, -0.25) is 0 Å². The molecule has 0 aromatic heterocycles. The van der Waals surface area contributed by atoms with Crippen molar-refractivity contribution in [2.75, 3.05) is 20.1 Å². The van der Waals surface area contributed by atoms with Crippen LogP contribution in [0.2, 0.25) is 0 Å². The molecule has 1 rings (SSSR count). The maximum Gasteiger partial charge on any atom is 0.0705 e. The SMILES string of the molecule is CNCC[C@@H](O)[C@@H]1C[C@H](S)CN1.Cl. The average molecular weight is 227 g/mol. The monoisotopic (exact) mass is 226 g/mol. The van der Waals surface area contributed by atoms with Crippen LogP contribution >= 0.6 is 25.0 Å². The zero-order valence-electron chi connectivity index (χ0n) is 7.86. The van der Waals surface area contributed by atoms with Gasteiger partial charge in [0.15, 0.2) is 0 Å². The van der Waals surface area contributed by atoms with Gasteiger partial charge in [-0.05, 0) is 26.4 Å². The van der Waals surface area contributed by atoms with E-state index in [0.717, 1.165) is 25.9 Å². The van der Waals surface area contributed by atoms with E-state index >= 15 is 0 Å². The lowest BCUT2D eigenvalue weighted by molar-refractivity contribution is 0.127. The van der Waals surface area contributed by atoms with Gasteiger partial charge in [-0.15, -0.1) is 12.4 Å². The van der Waals surface area contributed by atoms with Crippen molar-refractivity contribution in [3.8, 4) is 0 Å². The minimum Gasteiger partial charge on any atom is -0.391 e. The van der Waals surface area contributed by atoms with Gasteiger partial charge in [0.05, 0.1) is 6.10 Å². The van der Waals surface area contributed by atoms with E-state index in [0.29, 0.717) is 5.25 Å². The van der Waals surface area contributed by atoms with Crippen molar-refractivity contribution < 1.29 is 5.11 Å². The third-order valence-corrected chi connectivity index (χ3v) is 2.69. The van der Waals surface area contributed by atoms with Gasteiger partial charge in [0.25, 0.3) is 0 Å². The molecule has 3 nitrogen and oxygen atoms in total. The molecule has 0 amide bonds. The first-order valence-electron chi connectivity index (χ1n) is 4.48. The lowest BCUT2D eigenvalue weighted by atomic mass is 10.1. The van der Waals surface area contributed by atoms with Gasteiger partial charge in [-0.1, -0.05) is 0 Å². The standard InChI is InChI=1S/C8H18N2OS.ClH/c1-9-3-2-8(11)7-4-6(12)5-10-7;/h6-12H,2-5H2,1H3;1H/t6-,7-,8+;/m0./s1. The lowest BCUT2D eigenvalue weighted by Gasteiger charge is -2.17. The summed E-state index contributed by atoms with van der Waals surface area (Å²) in [7, 11) is 1.90. The van der Waals surface area contributed by atoms with Crippen molar-refractivity contribution in [2.24, 2.45) is 0 Å². The molecule has 1 fully saturated rings. The van der Waals surface area contributed by atoms with Gasteiger partial charge >= 0.3 is 0 Å². The highest BCUT2D eigenvalue weighted by Crippen LogP contribution is 2.15. The minimum atomic E-state index is -0.227. The Hall–Kier alpha value is 0.520. The van der Waals surface area contributed by atoms with Crippen LogP contribution in [0.25, 0.3) is 0 Å². The van der Waals surface area contributed by atoms with Gasteiger partial charge < -0.3 is 15.7 Å². The quantitative estimate of drug-likeness (QED) is 0.512. The highest BCUT2D eigenvalue weighted by molar-refractivity contribution is 7.81. The summed E-state index contributed by atoms with van der Waals surface area (Å²) in [5.41, 5.74) is 0. The van der Waals surface area contributed by atoms with Gasteiger partial charge in [0.1, 0.15) is 0 Å². The van der Waals surface area contributed by atoms with E-state index in [1.165, 1.54) is 0 Å². The number of aliphatic hydroxyl groups excluding tert-OH is 1. The summed E-state index contributed by atoms with van der Waals surface area (Å²) in [6.07, 6.45) is 1.57. The van der Waals surface area contributed by atoms with E-state index in [9.17, 15) is 5.11 Å². The van der Waals surface area contributed by atoms with Crippen molar-refractivity contribution in [2.45, 2.75) is 30.2 Å². The summed E-state index contributed by atoms with van der Waals surface area (Å²) in [6, 6.07) is 0.251. The summed E-state index contributed by atoms with van der Waals surface area (Å²) < 4.78 is 0. The Morgan fingerprint density at radius 2 is 2.38 bits per heavy atom. The van der Waals surface area contributed by atoms with Crippen molar-refractivity contribution in [1.29, 1.82) is 0 Å². The minimum absolute atomic E-state index is 0. The zero-order chi connectivity index (χ0) is 8.97. The molecule has 1 heterocycles. The molecule has 3 N–H and O–H groups in total. The molecule has 0 radical (unpaired) electrons. The Bertz CT molecular complexity index is 139. The summed E-state index contributed by atoms with van der Waals surface area (Å²) >= 11 is 4.35. The molecule has 0 aromatic carbocycles. The first kappa shape index (κ1) is 13.5. The molecule has 13 heavy (non-hydrogen) atoms. The fourth-order valence-electron chi connectivity index (χ4n) is 1.53. The average Bonchev–Trinajstić information content (AvgIpc) is 2.47. The molecule has 5 heteroatoms. The molecular formula is C8H19ClN2OS. The lowest BCUT2D eigenvalue weighted by Crippen LogP contribution is -2.36. The van der Waals surface area contributed by atoms with Crippen LogP contribution in [0.15, 0.2) is 0 Å². The molecule has 0 bridgehead atoms. The van der Waals surface area contributed by atoms with Crippen LogP contribution in [0.5, 0.6) is 0 Å². The number of aliphatic hydroxyl groups is 1. The number of thiol groups is 1. The van der Waals surface area contributed by atoms with Crippen molar-refractivity contribution in [1.82, 2.24) is 10.6 Å². The summed E-state index contributed by atoms with van der Waals surface area (Å²) in [4.78, 5) is 0. The fourth-order valence-corrected chi connectivity index (χ4v) is 1.87. The van der Waals surface area contributed by atoms with Gasteiger partial charge in [-0.2, -0.15) is 12.6 Å². The predicted octanol–water partition coefficient (Wildman–Crippen LogP) is 0.0389. The summed E-state index contributed by atoms with van der Waals surface area (Å²) in [5, 5.41) is 16.4. The van der Waals surface area contributed by atoms with Crippen LogP contribution in [-0.4, -0.2) is 42.6 Å². The molecule has 0 spiro atoms. The van der Waals surface area contributed by atoms with E-state index in [1.54, 1.807) is 0 Å². The Morgan fingerprint density at radius 3 is 2.85 bits per heavy atom. The van der Waals surface area contributed by atoms with E-state index in [1.807, 2.05) is 7.05 Å².